The number of carbonyl (C=O) groups is 2. The van der Waals surface area contributed by atoms with Gasteiger partial charge in [-0.3, -0.25) is 4.79 Å². The molecular weight excluding hydrogens is 367 g/mol. The van der Waals surface area contributed by atoms with Crippen LogP contribution in [-0.2, 0) is 9.53 Å². The van der Waals surface area contributed by atoms with Crippen LogP contribution in [0.3, 0.4) is 0 Å². The molecule has 0 N–H and O–H groups in total. The Morgan fingerprint density at radius 3 is 2.50 bits per heavy atom. The van der Waals surface area contributed by atoms with E-state index in [0.29, 0.717) is 24.8 Å². The molecule has 0 saturated carbocycles. The van der Waals surface area contributed by atoms with Crippen LogP contribution >= 0.6 is 46.1 Å². The van der Waals surface area contributed by atoms with E-state index < -0.39 is 5.97 Å². The van der Waals surface area contributed by atoms with Crippen molar-refractivity contribution in [3.8, 4) is 0 Å². The maximum atomic E-state index is 11.7. The summed E-state index contributed by atoms with van der Waals surface area (Å²) in [5.41, 5.74) is 0.697. The van der Waals surface area contributed by atoms with Crippen molar-refractivity contribution in [1.82, 2.24) is 0 Å². The zero-order valence-corrected chi connectivity index (χ0v) is 14.1. The van der Waals surface area contributed by atoms with Crippen molar-refractivity contribution in [3.05, 3.63) is 61.2 Å². The number of Topliss-reactive ketones (excluding diaryl/α,β-unsaturated/α-hetero) is 1. The fourth-order valence-electron chi connectivity index (χ4n) is 1.50. The number of halogens is 3. The van der Waals surface area contributed by atoms with Crippen molar-refractivity contribution >= 4 is 64.0 Å². The average Bonchev–Trinajstić information content (AvgIpc) is 2.92. The number of hydrogen-bond donors (Lipinski definition) is 0. The second-order valence-electron chi connectivity index (χ2n) is 4.14. The highest BCUT2D eigenvalue weighted by Crippen LogP contribution is 2.23. The minimum atomic E-state index is -0.623. The van der Waals surface area contributed by atoms with E-state index in [4.69, 9.17) is 39.5 Å². The third kappa shape index (κ3) is 4.85. The number of hydrogen-bond acceptors (Lipinski definition) is 4. The number of ether oxygens (including phenoxy) is 1. The van der Waals surface area contributed by atoms with E-state index >= 15 is 0 Å². The van der Waals surface area contributed by atoms with Crippen LogP contribution in [0.2, 0.25) is 14.4 Å². The molecule has 0 aliphatic carbocycles. The number of ketones is 1. The van der Waals surface area contributed by atoms with Crippen LogP contribution in [0.4, 0.5) is 0 Å². The Bertz CT molecular complexity index is 737. The fraction of sp³-hybridized carbons (Fsp3) is 0.0667. The number of rotatable bonds is 5. The highest BCUT2D eigenvalue weighted by molar-refractivity contribution is 7.18. The smallest absolute Gasteiger partial charge is 0.331 e. The zero-order valence-electron chi connectivity index (χ0n) is 11.0. The Morgan fingerprint density at radius 2 is 1.86 bits per heavy atom. The van der Waals surface area contributed by atoms with Gasteiger partial charge >= 0.3 is 5.97 Å². The van der Waals surface area contributed by atoms with Gasteiger partial charge in [0.25, 0.3) is 0 Å². The SMILES string of the molecule is O=C(/C=C/c1ccc(Cl)c(Cl)c1)OCC(=O)c1ccc(Cl)s1. The summed E-state index contributed by atoms with van der Waals surface area (Å²) in [6, 6.07) is 8.16. The van der Waals surface area contributed by atoms with Crippen molar-refractivity contribution in [2.75, 3.05) is 6.61 Å². The average molecular weight is 376 g/mol. The summed E-state index contributed by atoms with van der Waals surface area (Å²) in [6.07, 6.45) is 2.74. The lowest BCUT2D eigenvalue weighted by atomic mass is 10.2. The summed E-state index contributed by atoms with van der Waals surface area (Å²) in [4.78, 5) is 23.8. The standard InChI is InChI=1S/C15H9Cl3O3S/c16-10-3-1-9(7-11(10)17)2-6-15(20)21-8-12(19)13-4-5-14(18)22-13/h1-7H,8H2/b6-2+. The summed E-state index contributed by atoms with van der Waals surface area (Å²) in [6.45, 7) is -0.332. The van der Waals surface area contributed by atoms with Gasteiger partial charge in [-0.25, -0.2) is 4.79 Å². The molecule has 0 radical (unpaired) electrons. The molecule has 0 spiro atoms. The molecule has 2 rings (SSSR count). The topological polar surface area (TPSA) is 43.4 Å². The summed E-state index contributed by atoms with van der Waals surface area (Å²) in [5, 5.41) is 0.823. The molecule has 0 unspecified atom stereocenters. The fourth-order valence-corrected chi connectivity index (χ4v) is 2.77. The molecule has 7 heteroatoms. The van der Waals surface area contributed by atoms with Crippen LogP contribution in [0.25, 0.3) is 6.08 Å². The minimum absolute atomic E-state index is 0.298. The van der Waals surface area contributed by atoms with Crippen LogP contribution in [0.15, 0.2) is 36.4 Å². The molecular formula is C15H9Cl3O3S. The molecule has 1 aromatic heterocycles. The first-order valence-corrected chi connectivity index (χ1v) is 7.99. The molecule has 1 heterocycles. The van der Waals surface area contributed by atoms with Gasteiger partial charge in [0.1, 0.15) is 0 Å². The van der Waals surface area contributed by atoms with Gasteiger partial charge in [-0.05, 0) is 35.9 Å². The molecule has 0 fully saturated rings. The molecule has 0 atom stereocenters. The van der Waals surface area contributed by atoms with Gasteiger partial charge in [0.15, 0.2) is 6.61 Å². The summed E-state index contributed by atoms with van der Waals surface area (Å²) >= 11 is 18.5. The minimum Gasteiger partial charge on any atom is -0.454 e. The van der Waals surface area contributed by atoms with E-state index in [2.05, 4.69) is 0 Å². The van der Waals surface area contributed by atoms with Gasteiger partial charge in [0.2, 0.25) is 5.78 Å². The van der Waals surface area contributed by atoms with E-state index in [1.165, 1.54) is 12.2 Å². The molecule has 0 aliphatic heterocycles. The Morgan fingerprint density at radius 1 is 1.09 bits per heavy atom. The predicted molar refractivity (Wildman–Crippen MR) is 90.1 cm³/mol. The van der Waals surface area contributed by atoms with Gasteiger partial charge in [0.05, 0.1) is 19.3 Å². The first-order valence-electron chi connectivity index (χ1n) is 6.04. The molecule has 114 valence electrons. The molecule has 0 saturated heterocycles. The monoisotopic (exact) mass is 374 g/mol. The van der Waals surface area contributed by atoms with E-state index in [-0.39, 0.29) is 12.4 Å². The van der Waals surface area contributed by atoms with Crippen LogP contribution in [0.5, 0.6) is 0 Å². The molecule has 0 aliphatic rings. The van der Waals surface area contributed by atoms with Crippen molar-refractivity contribution < 1.29 is 14.3 Å². The van der Waals surface area contributed by atoms with E-state index in [1.807, 2.05) is 0 Å². The highest BCUT2D eigenvalue weighted by Gasteiger charge is 2.10. The zero-order chi connectivity index (χ0) is 16.1. The highest BCUT2D eigenvalue weighted by atomic mass is 35.5. The molecule has 1 aromatic carbocycles. The molecule has 22 heavy (non-hydrogen) atoms. The second kappa shape index (κ2) is 7.79. The lowest BCUT2D eigenvalue weighted by molar-refractivity contribution is -0.136. The Balaban J connectivity index is 1.88. The molecule has 0 amide bonds. The quantitative estimate of drug-likeness (QED) is 0.412. The number of thiophene rings is 1. The largest absolute Gasteiger partial charge is 0.454 e. The van der Waals surface area contributed by atoms with E-state index in [9.17, 15) is 9.59 Å². The van der Waals surface area contributed by atoms with Crippen LogP contribution in [0.1, 0.15) is 15.2 Å². The van der Waals surface area contributed by atoms with Crippen molar-refractivity contribution in [1.29, 1.82) is 0 Å². The van der Waals surface area contributed by atoms with Crippen LogP contribution in [0, 0.1) is 0 Å². The number of esters is 1. The molecule has 3 nitrogen and oxygen atoms in total. The van der Waals surface area contributed by atoms with Crippen LogP contribution in [-0.4, -0.2) is 18.4 Å². The molecule has 2 aromatic rings. The third-order valence-corrected chi connectivity index (χ3v) is 4.56. The van der Waals surface area contributed by atoms with Gasteiger partial charge in [-0.15, -0.1) is 11.3 Å². The van der Waals surface area contributed by atoms with Crippen molar-refractivity contribution in [2.45, 2.75) is 0 Å². The first-order chi connectivity index (χ1) is 10.5. The maximum Gasteiger partial charge on any atom is 0.331 e. The second-order valence-corrected chi connectivity index (χ2v) is 6.67. The Labute approximate surface area is 146 Å². The molecule has 0 bridgehead atoms. The van der Waals surface area contributed by atoms with Gasteiger partial charge < -0.3 is 4.74 Å². The van der Waals surface area contributed by atoms with Crippen molar-refractivity contribution in [2.24, 2.45) is 0 Å². The maximum absolute atomic E-state index is 11.7. The van der Waals surface area contributed by atoms with Gasteiger partial charge in [-0.1, -0.05) is 40.9 Å². The van der Waals surface area contributed by atoms with Crippen molar-refractivity contribution in [3.63, 3.8) is 0 Å². The Hall–Kier alpha value is -1.33. The van der Waals surface area contributed by atoms with Gasteiger partial charge in [-0.2, -0.15) is 0 Å². The summed E-state index contributed by atoms with van der Waals surface area (Å²) < 4.78 is 5.38. The van der Waals surface area contributed by atoms with Gasteiger partial charge in [0, 0.05) is 6.08 Å². The predicted octanol–water partition coefficient (Wildman–Crippen LogP) is 5.15. The lowest BCUT2D eigenvalue weighted by Gasteiger charge is -2.00. The van der Waals surface area contributed by atoms with E-state index in [1.54, 1.807) is 30.3 Å². The number of carbonyl (C=O) groups excluding carboxylic acids is 2. The summed E-state index contributed by atoms with van der Waals surface area (Å²) in [7, 11) is 0. The number of benzene rings is 1. The Kier molecular flexibility index (Phi) is 6.03. The summed E-state index contributed by atoms with van der Waals surface area (Å²) in [5.74, 6) is -0.921. The van der Waals surface area contributed by atoms with Crippen LogP contribution < -0.4 is 0 Å². The van der Waals surface area contributed by atoms with E-state index in [0.717, 1.165) is 11.3 Å². The third-order valence-electron chi connectivity index (χ3n) is 2.55. The normalized spacial score (nSPS) is 10.9. The lowest BCUT2D eigenvalue weighted by Crippen LogP contribution is -2.11. The first kappa shape index (κ1) is 17.0.